The molecule has 0 saturated heterocycles. The number of nitrogens with zero attached hydrogens (tertiary/aromatic N) is 2. The molecule has 0 saturated carbocycles. The third kappa shape index (κ3) is 2.36. The molecule has 0 aliphatic carbocycles. The van der Waals surface area contributed by atoms with E-state index < -0.39 is 0 Å². The number of fused-ring (bicyclic) bond motifs is 1. The average Bonchev–Trinajstić information content (AvgIpc) is 2.78. The molecular weight excluding hydrogens is 256 g/mol. The molecule has 1 heterocycles. The van der Waals surface area contributed by atoms with Gasteiger partial charge < -0.3 is 0 Å². The van der Waals surface area contributed by atoms with Gasteiger partial charge in [-0.3, -0.25) is 0 Å². The molecule has 21 heavy (non-hydrogen) atoms. The Hall–Kier alpha value is -1.40. The van der Waals surface area contributed by atoms with E-state index in [1.807, 2.05) is 0 Å². The monoisotopic (exact) mass is 286 g/mol. The molecule has 0 aromatic heterocycles. The molecule has 0 unspecified atom stereocenters. The van der Waals surface area contributed by atoms with Gasteiger partial charge in [0.1, 0.15) is 0 Å². The molecule has 0 amide bonds. The number of hydrogen-bond donors (Lipinski definition) is 0. The zero-order valence-corrected chi connectivity index (χ0v) is 14.9. The summed E-state index contributed by atoms with van der Waals surface area (Å²) >= 11 is 0. The van der Waals surface area contributed by atoms with Crippen molar-refractivity contribution >= 4 is 17.4 Å². The van der Waals surface area contributed by atoms with Gasteiger partial charge in [-0.05, 0) is 19.8 Å². The molecule has 2 heteroatoms. The van der Waals surface area contributed by atoms with Crippen molar-refractivity contribution in [3.05, 3.63) is 24.3 Å². The fourth-order valence-electron chi connectivity index (χ4n) is 2.89. The molecule has 1 aliphatic heterocycles. The highest BCUT2D eigenvalue weighted by atomic mass is 15.2. The van der Waals surface area contributed by atoms with Gasteiger partial charge in [0.05, 0.1) is 0 Å². The summed E-state index contributed by atoms with van der Waals surface area (Å²) in [6, 6.07) is 12.7. The molecule has 2 rings (SSSR count). The van der Waals surface area contributed by atoms with E-state index in [9.17, 15) is 0 Å². The van der Waals surface area contributed by atoms with E-state index >= 15 is 0 Å². The maximum absolute atomic E-state index is 3.62. The van der Waals surface area contributed by atoms with Crippen LogP contribution in [0.5, 0.6) is 0 Å². The molecule has 0 atom stereocenters. The summed E-state index contributed by atoms with van der Waals surface area (Å²) in [7, 11) is 0. The third-order valence-corrected chi connectivity index (χ3v) is 5.69. The average molecular weight is 286 g/mol. The van der Waals surface area contributed by atoms with Gasteiger partial charge in [0, 0.05) is 31.4 Å². The number of rotatable bonds is 4. The summed E-state index contributed by atoms with van der Waals surface area (Å²) in [5, 5.41) is 0. The Morgan fingerprint density at radius 2 is 1.43 bits per heavy atom. The molecule has 1 aromatic rings. The van der Waals surface area contributed by atoms with Crippen molar-refractivity contribution in [1.82, 2.24) is 0 Å². The van der Waals surface area contributed by atoms with E-state index in [4.69, 9.17) is 0 Å². The fourth-order valence-corrected chi connectivity index (χ4v) is 2.89. The Kier molecular flexibility index (Phi) is 3.88. The van der Waals surface area contributed by atoms with Crippen LogP contribution in [0.3, 0.4) is 0 Å². The lowest BCUT2D eigenvalue weighted by Gasteiger charge is -2.38. The quantitative estimate of drug-likeness (QED) is 0.685. The lowest BCUT2D eigenvalue weighted by atomic mass is 9.67. The van der Waals surface area contributed by atoms with E-state index in [0.717, 1.165) is 0 Å². The summed E-state index contributed by atoms with van der Waals surface area (Å²) in [5.74, 6) is 0.592. The van der Waals surface area contributed by atoms with E-state index in [1.54, 1.807) is 0 Å². The van der Waals surface area contributed by atoms with Crippen molar-refractivity contribution in [2.45, 2.75) is 67.0 Å². The van der Waals surface area contributed by atoms with Crippen LogP contribution in [0.4, 0.5) is 11.4 Å². The molecule has 0 spiro atoms. The number of hydrogen-bond acceptors (Lipinski definition) is 0. The van der Waals surface area contributed by atoms with Crippen molar-refractivity contribution in [3.63, 3.8) is 0 Å². The van der Waals surface area contributed by atoms with E-state index in [2.05, 4.69) is 94.8 Å². The Morgan fingerprint density at radius 3 is 1.90 bits per heavy atom. The van der Waals surface area contributed by atoms with Crippen LogP contribution in [0.15, 0.2) is 24.3 Å². The third-order valence-electron chi connectivity index (χ3n) is 5.69. The second-order valence-electron chi connectivity index (χ2n) is 7.82. The Morgan fingerprint density at radius 1 is 0.905 bits per heavy atom. The van der Waals surface area contributed by atoms with Gasteiger partial charge in [-0.25, -0.2) is 0 Å². The largest absolute Gasteiger partial charge is 0.490 e. The van der Waals surface area contributed by atoms with Crippen LogP contribution >= 0.6 is 0 Å². The zero-order chi connectivity index (χ0) is 16.0. The van der Waals surface area contributed by atoms with Gasteiger partial charge in [0.2, 0.25) is 0 Å². The predicted molar refractivity (Wildman–Crippen MR) is 89.1 cm³/mol. The summed E-state index contributed by atoms with van der Waals surface area (Å²) < 4.78 is 4.61. The van der Waals surface area contributed by atoms with Crippen molar-refractivity contribution in [2.24, 2.45) is 11.3 Å². The van der Waals surface area contributed by atoms with Gasteiger partial charge >= 0.3 is 6.01 Å². The minimum atomic E-state index is -0.0130. The van der Waals surface area contributed by atoms with Crippen LogP contribution in [0, 0.1) is 11.3 Å². The lowest BCUT2D eigenvalue weighted by Crippen LogP contribution is -2.49. The normalized spacial score (nSPS) is 15.3. The molecule has 0 N–H and O–H groups in total. The summed E-state index contributed by atoms with van der Waals surface area (Å²) in [5.41, 5.74) is 2.69. The molecule has 0 radical (unpaired) electrons. The molecule has 114 valence electrons. The summed E-state index contributed by atoms with van der Waals surface area (Å²) in [6.45, 7) is 18.4. The van der Waals surface area contributed by atoms with Crippen molar-refractivity contribution in [2.75, 3.05) is 0 Å². The highest BCUT2D eigenvalue weighted by Crippen LogP contribution is 2.45. The Balaban J connectivity index is 2.66. The topological polar surface area (TPSA) is 6.02 Å². The second-order valence-corrected chi connectivity index (χ2v) is 7.82. The first-order valence-electron chi connectivity index (χ1n) is 8.05. The van der Waals surface area contributed by atoms with Crippen LogP contribution in [0.25, 0.3) is 0 Å². The molecule has 1 aromatic carbocycles. The minimum Gasteiger partial charge on any atom is -0.0850 e. The fraction of sp³-hybridized carbons (Fsp3) is 0.632. The molecule has 0 bridgehead atoms. The van der Waals surface area contributed by atoms with Crippen molar-refractivity contribution in [3.8, 4) is 0 Å². The first kappa shape index (κ1) is 16.0. The first-order chi connectivity index (χ1) is 9.60. The molecule has 2 nitrogen and oxygen atoms in total. The Bertz CT molecular complexity index is 612. The van der Waals surface area contributed by atoms with E-state index in [-0.39, 0.29) is 11.0 Å². The minimum absolute atomic E-state index is 0.0130. The lowest BCUT2D eigenvalue weighted by molar-refractivity contribution is -0.555. The van der Waals surface area contributed by atoms with Gasteiger partial charge in [-0.1, -0.05) is 49.0 Å². The van der Waals surface area contributed by atoms with Crippen LogP contribution in [-0.4, -0.2) is 26.7 Å². The standard InChI is InChI=1S/C19H30N2/c1-14(2)18(5,6)19(7,8)21-13-20(15(3)4)16-11-9-10-12-17(16)21/h9-12,14-15H,1-8H3/q+2. The number of para-hydroxylation sites is 2. The van der Waals surface area contributed by atoms with Gasteiger partial charge in [0.25, 0.3) is 11.4 Å². The smallest absolute Gasteiger partial charge is 0.0850 e. The maximum atomic E-state index is 3.62. The predicted octanol–water partition coefficient (Wildman–Crippen LogP) is 5.03. The van der Waals surface area contributed by atoms with Crippen molar-refractivity contribution < 1.29 is 9.15 Å². The molecular formula is C19H30N2+2. The van der Waals surface area contributed by atoms with E-state index in [1.165, 1.54) is 11.4 Å². The van der Waals surface area contributed by atoms with Gasteiger partial charge in [-0.15, -0.1) is 0 Å². The van der Waals surface area contributed by atoms with Crippen molar-refractivity contribution in [1.29, 1.82) is 0 Å². The highest BCUT2D eigenvalue weighted by Gasteiger charge is 2.53. The van der Waals surface area contributed by atoms with Gasteiger partial charge in [-0.2, -0.15) is 0 Å². The second kappa shape index (κ2) is 5.10. The van der Waals surface area contributed by atoms with E-state index in [0.29, 0.717) is 12.0 Å². The molecule has 1 aliphatic rings. The summed E-state index contributed by atoms with van der Waals surface area (Å²) in [4.78, 5) is 0. The van der Waals surface area contributed by atoms with Crippen LogP contribution in [-0.2, 0) is 0 Å². The Labute approximate surface area is 129 Å². The van der Waals surface area contributed by atoms with Gasteiger partial charge in [0.15, 0.2) is 11.6 Å². The zero-order valence-electron chi connectivity index (χ0n) is 14.9. The van der Waals surface area contributed by atoms with Crippen LogP contribution in [0.2, 0.25) is 0 Å². The maximum Gasteiger partial charge on any atom is 0.490 e. The first-order valence-corrected chi connectivity index (χ1v) is 8.05. The highest BCUT2D eigenvalue weighted by molar-refractivity contribution is 5.59. The molecule has 0 fully saturated rings. The summed E-state index contributed by atoms with van der Waals surface area (Å²) in [6.07, 6.45) is 0. The van der Waals surface area contributed by atoms with Crippen LogP contribution < -0.4 is 0 Å². The SMILES string of the molecule is CC(C)[N+]1=C=[N+](C(C)(C)C(C)(C)C(C)C)c2ccccc21. The number of benzene rings is 1. The van der Waals surface area contributed by atoms with Crippen LogP contribution in [0.1, 0.15) is 55.4 Å².